The van der Waals surface area contributed by atoms with Gasteiger partial charge in [0.15, 0.2) is 5.16 Å². The van der Waals surface area contributed by atoms with Crippen LogP contribution in [-0.4, -0.2) is 41.3 Å². The van der Waals surface area contributed by atoms with Crippen LogP contribution in [0.25, 0.3) is 0 Å². The molecule has 0 saturated carbocycles. The number of nitrogens with one attached hydrogen (secondary N) is 2. The zero-order chi connectivity index (χ0) is 23.3. The van der Waals surface area contributed by atoms with Crippen molar-refractivity contribution in [3.8, 4) is 0 Å². The summed E-state index contributed by atoms with van der Waals surface area (Å²) in [6.45, 7) is 1.71. The van der Waals surface area contributed by atoms with Crippen LogP contribution in [0.2, 0.25) is 0 Å². The normalized spacial score (nSPS) is 16.9. The van der Waals surface area contributed by atoms with E-state index < -0.39 is 10.0 Å². The van der Waals surface area contributed by atoms with Crippen molar-refractivity contribution in [3.05, 3.63) is 70.3 Å². The molecule has 12 heteroatoms. The van der Waals surface area contributed by atoms with Crippen molar-refractivity contribution in [3.63, 3.8) is 0 Å². The first-order chi connectivity index (χ1) is 15.9. The van der Waals surface area contributed by atoms with Gasteiger partial charge >= 0.3 is 0 Å². The molecule has 1 aliphatic heterocycles. The third-order valence-corrected chi connectivity index (χ3v) is 8.79. The Morgan fingerprint density at radius 2 is 2.03 bits per heavy atom. The van der Waals surface area contributed by atoms with Gasteiger partial charge in [0.2, 0.25) is 0 Å². The van der Waals surface area contributed by atoms with Crippen molar-refractivity contribution in [1.29, 1.82) is 0 Å². The summed E-state index contributed by atoms with van der Waals surface area (Å²) < 4.78 is 33.7. The topological polar surface area (TPSA) is 130 Å². The Labute approximate surface area is 200 Å². The smallest absolute Gasteiger partial charge is 0.268 e. The maximum Gasteiger partial charge on any atom is 0.268 e. The van der Waals surface area contributed by atoms with Crippen LogP contribution in [0.1, 0.15) is 29.9 Å². The number of rotatable bonds is 10. The van der Waals surface area contributed by atoms with Crippen molar-refractivity contribution in [1.82, 2.24) is 15.1 Å². The van der Waals surface area contributed by atoms with E-state index in [1.165, 1.54) is 35.9 Å². The average Bonchev–Trinajstić information content (AvgIpc) is 3.50. The summed E-state index contributed by atoms with van der Waals surface area (Å²) in [7, 11) is -3.83. The number of hydrogen-bond donors (Lipinski definition) is 3. The molecule has 174 valence electrons. The van der Waals surface area contributed by atoms with Crippen LogP contribution in [0, 0.1) is 0 Å². The Kier molecular flexibility index (Phi) is 7.58. The summed E-state index contributed by atoms with van der Waals surface area (Å²) in [5, 5.41) is 16.7. The number of aromatic nitrogens is 3. The van der Waals surface area contributed by atoms with Gasteiger partial charge < -0.3 is 14.9 Å². The number of anilines is 2. The molecule has 0 spiro atoms. The third-order valence-electron chi connectivity index (χ3n) is 4.63. The molecule has 0 radical (unpaired) electrons. The highest BCUT2D eigenvalue weighted by atomic mass is 32.3. The molecule has 1 aromatic carbocycles. The lowest BCUT2D eigenvalue weighted by molar-refractivity contribution is 0.281. The minimum atomic E-state index is -3.83. The lowest BCUT2D eigenvalue weighted by Crippen LogP contribution is -2.21. The van der Waals surface area contributed by atoms with E-state index in [0.717, 1.165) is 5.56 Å². The Bertz CT molecular complexity index is 1200. The molecule has 9 nitrogen and oxygen atoms in total. The summed E-state index contributed by atoms with van der Waals surface area (Å²) in [4.78, 5) is 8.87. The number of aliphatic hydroxyl groups is 1. The van der Waals surface area contributed by atoms with Crippen LogP contribution < -0.4 is 10.0 Å². The molecule has 0 aliphatic carbocycles. The monoisotopic (exact) mass is 505 g/mol. The molecule has 3 aromatic rings. The molecule has 33 heavy (non-hydrogen) atoms. The average molecular weight is 506 g/mol. The first-order valence-electron chi connectivity index (χ1n) is 10.2. The Balaban J connectivity index is 1.51. The van der Waals surface area contributed by atoms with E-state index >= 15 is 0 Å². The third kappa shape index (κ3) is 6.28. The Morgan fingerprint density at radius 3 is 2.76 bits per heavy atom. The molecule has 3 N–H and O–H groups in total. The van der Waals surface area contributed by atoms with Crippen molar-refractivity contribution in [2.75, 3.05) is 16.6 Å². The fourth-order valence-corrected chi connectivity index (χ4v) is 6.50. The second-order valence-electron chi connectivity index (χ2n) is 7.32. The SMILES string of the molecule is C[C@H](CO)Nc1cc(NS(=O)(=O)C2=CCC(c3ccon3)S2)nc(SCc2ccccc2)n1. The number of aliphatic hydroxyl groups excluding tert-OH is 1. The first kappa shape index (κ1) is 23.6. The maximum atomic E-state index is 13.0. The summed E-state index contributed by atoms with van der Waals surface area (Å²) in [6.07, 6.45) is 3.68. The number of allylic oxidation sites excluding steroid dienone is 1. The van der Waals surface area contributed by atoms with E-state index in [1.54, 1.807) is 19.1 Å². The molecule has 2 atom stereocenters. The summed E-state index contributed by atoms with van der Waals surface area (Å²) >= 11 is 2.61. The van der Waals surface area contributed by atoms with E-state index in [1.807, 2.05) is 30.3 Å². The molecule has 0 saturated heterocycles. The van der Waals surface area contributed by atoms with Gasteiger partial charge in [-0.3, -0.25) is 4.72 Å². The number of sulfonamides is 1. The maximum absolute atomic E-state index is 13.0. The van der Waals surface area contributed by atoms with E-state index in [-0.39, 0.29) is 28.0 Å². The molecule has 0 bridgehead atoms. The molecule has 1 unspecified atom stereocenters. The highest BCUT2D eigenvalue weighted by Gasteiger charge is 2.30. The van der Waals surface area contributed by atoms with E-state index in [2.05, 4.69) is 25.2 Å². The highest BCUT2D eigenvalue weighted by Crippen LogP contribution is 2.45. The van der Waals surface area contributed by atoms with E-state index in [0.29, 0.717) is 28.8 Å². The van der Waals surface area contributed by atoms with Crippen LogP contribution in [0.5, 0.6) is 0 Å². The predicted octanol–water partition coefficient (Wildman–Crippen LogP) is 4.01. The molecule has 3 heterocycles. The van der Waals surface area contributed by atoms with E-state index in [4.69, 9.17) is 4.52 Å². The summed E-state index contributed by atoms with van der Waals surface area (Å²) in [5.41, 5.74) is 1.80. The molecular weight excluding hydrogens is 482 g/mol. The van der Waals surface area contributed by atoms with Gasteiger partial charge in [0.25, 0.3) is 10.0 Å². The minimum absolute atomic E-state index is 0.0927. The zero-order valence-electron chi connectivity index (χ0n) is 17.7. The lowest BCUT2D eigenvalue weighted by atomic mass is 10.2. The van der Waals surface area contributed by atoms with Gasteiger partial charge in [0.05, 0.1) is 17.6 Å². The van der Waals surface area contributed by atoms with Crippen LogP contribution in [0.15, 0.2) is 68.7 Å². The number of hydrogen-bond acceptors (Lipinski definition) is 10. The molecule has 1 aliphatic rings. The number of thioether (sulfide) groups is 2. The van der Waals surface area contributed by atoms with Gasteiger partial charge in [-0.2, -0.15) is 0 Å². The minimum Gasteiger partial charge on any atom is -0.394 e. The van der Waals surface area contributed by atoms with Crippen LogP contribution in [-0.2, 0) is 15.8 Å². The van der Waals surface area contributed by atoms with E-state index in [9.17, 15) is 13.5 Å². The number of benzene rings is 1. The number of nitrogens with zero attached hydrogens (tertiary/aromatic N) is 3. The van der Waals surface area contributed by atoms with Crippen LogP contribution in [0.3, 0.4) is 0 Å². The quantitative estimate of drug-likeness (QED) is 0.274. The van der Waals surface area contributed by atoms with Gasteiger partial charge in [0, 0.05) is 23.9 Å². The standard InChI is InChI=1S/C21H23N5O4S3/c1-14(12-27)22-18-11-19(24-21(23-18)31-13-15-5-3-2-4-6-15)26-33(28,29)20-8-7-17(32-20)16-9-10-30-25-16/h2-6,8-11,14,17,27H,7,12-13H2,1H3,(H2,22,23,24,26)/t14-,17?/m1/s1. The predicted molar refractivity (Wildman–Crippen MR) is 130 cm³/mol. The van der Waals surface area contributed by atoms with Crippen LogP contribution >= 0.6 is 23.5 Å². The highest BCUT2D eigenvalue weighted by molar-refractivity contribution is 8.19. The Morgan fingerprint density at radius 1 is 1.24 bits per heavy atom. The largest absolute Gasteiger partial charge is 0.394 e. The summed E-state index contributed by atoms with van der Waals surface area (Å²) in [6, 6.07) is 12.9. The molecule has 0 fully saturated rings. The fraction of sp³-hybridized carbons (Fsp3) is 0.286. The van der Waals surface area contributed by atoms with Crippen molar-refractivity contribution in [2.45, 2.75) is 35.5 Å². The second kappa shape index (κ2) is 10.6. The Hall–Kier alpha value is -2.54. The van der Waals surface area contributed by atoms with Gasteiger partial charge in [-0.25, -0.2) is 18.4 Å². The van der Waals surface area contributed by atoms with Crippen molar-refractivity contribution < 1.29 is 18.0 Å². The second-order valence-corrected chi connectivity index (χ2v) is 11.4. The summed E-state index contributed by atoms with van der Waals surface area (Å²) in [5.74, 6) is 1.21. The molecule has 0 amide bonds. The van der Waals surface area contributed by atoms with Gasteiger partial charge in [0.1, 0.15) is 22.1 Å². The van der Waals surface area contributed by atoms with Gasteiger partial charge in [-0.05, 0) is 18.9 Å². The molecule has 2 aromatic heterocycles. The fourth-order valence-electron chi connectivity index (χ4n) is 3.01. The lowest BCUT2D eigenvalue weighted by Gasteiger charge is -2.15. The van der Waals surface area contributed by atoms with Crippen LogP contribution in [0.4, 0.5) is 11.6 Å². The van der Waals surface area contributed by atoms with Gasteiger partial charge in [-0.15, -0.1) is 11.8 Å². The van der Waals surface area contributed by atoms with Gasteiger partial charge in [-0.1, -0.05) is 53.3 Å². The zero-order valence-corrected chi connectivity index (χ0v) is 20.2. The van der Waals surface area contributed by atoms with Crippen molar-refractivity contribution in [2.24, 2.45) is 0 Å². The van der Waals surface area contributed by atoms with Crippen molar-refractivity contribution >= 4 is 45.2 Å². The first-order valence-corrected chi connectivity index (χ1v) is 13.5. The molecular formula is C21H23N5O4S3. The molecule has 4 rings (SSSR count).